The summed E-state index contributed by atoms with van der Waals surface area (Å²) >= 11 is 5.94. The molecule has 24 heavy (non-hydrogen) atoms. The maximum absolute atomic E-state index is 12.4. The molecule has 5 N–H and O–H groups in total. The number of halogens is 2. The summed E-state index contributed by atoms with van der Waals surface area (Å²) in [5.74, 6) is -1.49. The first-order chi connectivity index (χ1) is 10.9. The number of benzene rings is 1. The van der Waals surface area contributed by atoms with Crippen LogP contribution in [0.1, 0.15) is 29.8 Å². The molecule has 1 aromatic heterocycles. The fourth-order valence-electron chi connectivity index (χ4n) is 3.08. The Kier molecular flexibility index (Phi) is 5.74. The lowest BCUT2D eigenvalue weighted by molar-refractivity contribution is -0.143. The van der Waals surface area contributed by atoms with E-state index in [4.69, 9.17) is 22.4 Å². The van der Waals surface area contributed by atoms with E-state index in [9.17, 15) is 9.59 Å². The van der Waals surface area contributed by atoms with Crippen molar-refractivity contribution in [3.8, 4) is 0 Å². The van der Waals surface area contributed by atoms with Crippen molar-refractivity contribution in [1.29, 1.82) is 0 Å². The van der Waals surface area contributed by atoms with Gasteiger partial charge in [0.05, 0.1) is 5.92 Å². The zero-order chi connectivity index (χ0) is 16.6. The van der Waals surface area contributed by atoms with Crippen LogP contribution in [-0.2, 0) is 4.79 Å². The lowest BCUT2D eigenvalue weighted by Crippen LogP contribution is -2.51. The number of carboxylic acids is 1. The smallest absolute Gasteiger partial charge is 0.306 e. The highest BCUT2D eigenvalue weighted by Crippen LogP contribution is 2.25. The Balaban J connectivity index is 0.00000208. The molecule has 3 atom stereocenters. The molecular weight excluding hydrogens is 353 g/mol. The standard InChI is InChI=1S/C16H18ClN3O3.ClH/c17-10-2-4-12-9(5-10)7-14(19-12)15(21)20-13-3-1-8(16(22)23)6-11(13)18;/h2,4-5,7-8,11,13,19H,1,3,6,18H2,(H,20,21)(H,22,23);1H. The van der Waals surface area contributed by atoms with Gasteiger partial charge in [0.2, 0.25) is 0 Å². The second kappa shape index (κ2) is 7.42. The molecular formula is C16H19Cl2N3O3. The molecule has 1 fully saturated rings. The van der Waals surface area contributed by atoms with E-state index in [2.05, 4.69) is 10.3 Å². The zero-order valence-corrected chi connectivity index (χ0v) is 14.4. The van der Waals surface area contributed by atoms with Crippen LogP contribution in [0.2, 0.25) is 5.02 Å². The van der Waals surface area contributed by atoms with Gasteiger partial charge in [-0.25, -0.2) is 0 Å². The number of hydrogen-bond acceptors (Lipinski definition) is 3. The predicted molar refractivity (Wildman–Crippen MR) is 94.8 cm³/mol. The van der Waals surface area contributed by atoms with Gasteiger partial charge in [0.25, 0.3) is 5.91 Å². The maximum atomic E-state index is 12.4. The van der Waals surface area contributed by atoms with Crippen LogP contribution in [-0.4, -0.2) is 34.1 Å². The highest BCUT2D eigenvalue weighted by molar-refractivity contribution is 6.31. The number of fused-ring (bicyclic) bond motifs is 1. The highest BCUT2D eigenvalue weighted by atomic mass is 35.5. The van der Waals surface area contributed by atoms with Gasteiger partial charge in [-0.2, -0.15) is 0 Å². The Labute approximate surface area is 150 Å². The summed E-state index contributed by atoms with van der Waals surface area (Å²) in [4.78, 5) is 26.4. The lowest BCUT2D eigenvalue weighted by atomic mass is 9.82. The zero-order valence-electron chi connectivity index (χ0n) is 12.8. The van der Waals surface area contributed by atoms with Gasteiger partial charge in [-0.15, -0.1) is 12.4 Å². The van der Waals surface area contributed by atoms with E-state index in [1.54, 1.807) is 18.2 Å². The lowest BCUT2D eigenvalue weighted by Gasteiger charge is -2.32. The Bertz CT molecular complexity index is 762. The van der Waals surface area contributed by atoms with Crippen LogP contribution in [0.3, 0.4) is 0 Å². The van der Waals surface area contributed by atoms with E-state index in [1.165, 1.54) is 0 Å². The number of aromatic amines is 1. The number of hydrogen-bond donors (Lipinski definition) is 4. The van der Waals surface area contributed by atoms with Crippen LogP contribution < -0.4 is 11.1 Å². The van der Waals surface area contributed by atoms with Crippen LogP contribution in [0.5, 0.6) is 0 Å². The fraction of sp³-hybridized carbons (Fsp3) is 0.375. The quantitative estimate of drug-likeness (QED) is 0.664. The third kappa shape index (κ3) is 3.83. The molecule has 0 aliphatic heterocycles. The van der Waals surface area contributed by atoms with E-state index in [0.29, 0.717) is 30.0 Å². The molecule has 0 radical (unpaired) electrons. The number of amides is 1. The van der Waals surface area contributed by atoms with Gasteiger partial charge in [0, 0.05) is 28.0 Å². The second-order valence-corrected chi connectivity index (χ2v) is 6.44. The van der Waals surface area contributed by atoms with Crippen molar-refractivity contribution < 1.29 is 14.7 Å². The Morgan fingerprint density at radius 3 is 2.71 bits per heavy atom. The van der Waals surface area contributed by atoms with Crippen molar-refractivity contribution in [2.45, 2.75) is 31.3 Å². The Hall–Kier alpha value is -1.76. The van der Waals surface area contributed by atoms with Crippen molar-refractivity contribution in [2.24, 2.45) is 11.7 Å². The van der Waals surface area contributed by atoms with Crippen molar-refractivity contribution in [2.75, 3.05) is 0 Å². The molecule has 6 nitrogen and oxygen atoms in total. The number of carbonyl (C=O) groups is 2. The number of nitrogens with two attached hydrogens (primary N) is 1. The number of carbonyl (C=O) groups excluding carboxylic acids is 1. The Morgan fingerprint density at radius 2 is 2.04 bits per heavy atom. The number of rotatable bonds is 3. The molecule has 0 bridgehead atoms. The minimum atomic E-state index is -0.822. The number of nitrogens with one attached hydrogen (secondary N) is 2. The summed E-state index contributed by atoms with van der Waals surface area (Å²) in [6.45, 7) is 0. The molecule has 130 valence electrons. The van der Waals surface area contributed by atoms with E-state index in [0.717, 1.165) is 10.9 Å². The monoisotopic (exact) mass is 371 g/mol. The summed E-state index contributed by atoms with van der Waals surface area (Å²) in [5, 5.41) is 13.4. The highest BCUT2D eigenvalue weighted by Gasteiger charge is 2.32. The van der Waals surface area contributed by atoms with Gasteiger partial charge in [0.15, 0.2) is 0 Å². The van der Waals surface area contributed by atoms with Gasteiger partial charge >= 0.3 is 5.97 Å². The van der Waals surface area contributed by atoms with E-state index in [1.807, 2.05) is 6.07 Å². The number of aromatic nitrogens is 1. The van der Waals surface area contributed by atoms with E-state index < -0.39 is 11.9 Å². The molecule has 8 heteroatoms. The topological polar surface area (TPSA) is 108 Å². The molecule has 3 unspecified atom stereocenters. The van der Waals surface area contributed by atoms with Crippen LogP contribution in [0.25, 0.3) is 10.9 Å². The third-order valence-corrected chi connectivity index (χ3v) is 4.63. The van der Waals surface area contributed by atoms with Crippen LogP contribution >= 0.6 is 24.0 Å². The molecule has 1 aliphatic carbocycles. The summed E-state index contributed by atoms with van der Waals surface area (Å²) in [6, 6.07) is 6.53. The average Bonchev–Trinajstić information content (AvgIpc) is 2.92. The first-order valence-corrected chi connectivity index (χ1v) is 7.89. The minimum absolute atomic E-state index is 0. The molecule has 0 saturated heterocycles. The number of aliphatic carboxylic acids is 1. The van der Waals surface area contributed by atoms with Gasteiger partial charge < -0.3 is 21.1 Å². The molecule has 0 spiro atoms. The van der Waals surface area contributed by atoms with Gasteiger partial charge in [-0.3, -0.25) is 9.59 Å². The molecule has 1 saturated carbocycles. The average molecular weight is 372 g/mol. The van der Waals surface area contributed by atoms with Gasteiger partial charge in [-0.05, 0) is 43.5 Å². The van der Waals surface area contributed by atoms with Crippen LogP contribution in [0.4, 0.5) is 0 Å². The second-order valence-electron chi connectivity index (χ2n) is 6.01. The van der Waals surface area contributed by atoms with Crippen molar-refractivity contribution in [1.82, 2.24) is 10.3 Å². The van der Waals surface area contributed by atoms with Gasteiger partial charge in [-0.1, -0.05) is 11.6 Å². The third-order valence-electron chi connectivity index (χ3n) is 4.39. The van der Waals surface area contributed by atoms with E-state index in [-0.39, 0.29) is 30.4 Å². The van der Waals surface area contributed by atoms with Crippen molar-refractivity contribution in [3.63, 3.8) is 0 Å². The van der Waals surface area contributed by atoms with Gasteiger partial charge in [0.1, 0.15) is 5.69 Å². The largest absolute Gasteiger partial charge is 0.481 e. The normalized spacial score (nSPS) is 23.5. The predicted octanol–water partition coefficient (Wildman–Crippen LogP) is 2.55. The van der Waals surface area contributed by atoms with Crippen molar-refractivity contribution in [3.05, 3.63) is 35.0 Å². The molecule has 1 heterocycles. The minimum Gasteiger partial charge on any atom is -0.481 e. The molecule has 2 aromatic rings. The SMILES string of the molecule is Cl.NC1CC(C(=O)O)CCC1NC(=O)c1cc2cc(Cl)ccc2[nH]1. The summed E-state index contributed by atoms with van der Waals surface area (Å²) in [6.07, 6.45) is 1.47. The van der Waals surface area contributed by atoms with E-state index >= 15 is 0 Å². The fourth-order valence-corrected chi connectivity index (χ4v) is 3.26. The maximum Gasteiger partial charge on any atom is 0.306 e. The first-order valence-electron chi connectivity index (χ1n) is 7.51. The number of H-pyrrole nitrogens is 1. The summed E-state index contributed by atoms with van der Waals surface area (Å²) in [7, 11) is 0. The molecule has 1 aromatic carbocycles. The molecule has 1 amide bonds. The Morgan fingerprint density at radius 1 is 1.29 bits per heavy atom. The number of carboxylic acid groups (broad SMARTS) is 1. The molecule has 3 rings (SSSR count). The summed E-state index contributed by atoms with van der Waals surface area (Å²) in [5.41, 5.74) is 7.29. The van der Waals surface area contributed by atoms with Crippen LogP contribution in [0, 0.1) is 5.92 Å². The van der Waals surface area contributed by atoms with Crippen LogP contribution in [0.15, 0.2) is 24.3 Å². The first kappa shape index (κ1) is 18.6. The van der Waals surface area contributed by atoms with Crippen molar-refractivity contribution >= 4 is 46.8 Å². The summed E-state index contributed by atoms with van der Waals surface area (Å²) < 4.78 is 0. The molecule has 1 aliphatic rings.